The first-order chi connectivity index (χ1) is 7.25. The summed E-state index contributed by atoms with van der Waals surface area (Å²) < 4.78 is 0. The van der Waals surface area contributed by atoms with Gasteiger partial charge in [-0.05, 0) is 18.2 Å². The van der Waals surface area contributed by atoms with Gasteiger partial charge in [-0.2, -0.15) is 0 Å². The lowest BCUT2D eigenvalue weighted by Gasteiger charge is -2.05. The zero-order valence-corrected chi connectivity index (χ0v) is 7.71. The van der Waals surface area contributed by atoms with Crippen LogP contribution in [0.3, 0.4) is 0 Å². The van der Waals surface area contributed by atoms with Crippen molar-refractivity contribution in [1.29, 1.82) is 0 Å². The van der Waals surface area contributed by atoms with E-state index >= 15 is 0 Å². The molecule has 0 spiro atoms. The van der Waals surface area contributed by atoms with Gasteiger partial charge in [0.2, 0.25) is 0 Å². The van der Waals surface area contributed by atoms with Crippen molar-refractivity contribution in [3.8, 4) is 0 Å². The largest absolute Gasteiger partial charge is 0.299 e. The fourth-order valence-corrected chi connectivity index (χ4v) is 1.46. The number of benzene rings is 1. The molecule has 0 fully saturated rings. The second-order valence-electron chi connectivity index (χ2n) is 3.00. The van der Waals surface area contributed by atoms with E-state index in [-0.39, 0.29) is 0 Å². The molecule has 0 N–H and O–H groups in total. The number of imide groups is 1. The lowest BCUT2D eigenvalue weighted by Crippen LogP contribution is -2.23. The van der Waals surface area contributed by atoms with Gasteiger partial charge in [-0.1, -0.05) is 12.1 Å². The molecule has 0 unspecified atom stereocenters. The highest BCUT2D eigenvalue weighted by molar-refractivity contribution is 6.22. The van der Waals surface area contributed by atoms with Crippen molar-refractivity contribution in [2.75, 3.05) is 0 Å². The summed E-state index contributed by atoms with van der Waals surface area (Å²) in [5.74, 6) is -0.789. The van der Waals surface area contributed by atoms with E-state index in [1.54, 1.807) is 24.3 Å². The molecule has 0 bridgehead atoms. The second kappa shape index (κ2) is 3.49. The molecule has 0 aliphatic carbocycles. The van der Waals surface area contributed by atoms with Crippen LogP contribution in [0, 0.1) is 0 Å². The van der Waals surface area contributed by atoms with E-state index < -0.39 is 11.8 Å². The van der Waals surface area contributed by atoms with Gasteiger partial charge in [0.05, 0.1) is 11.1 Å². The maximum Gasteiger partial charge on any atom is 0.265 e. The van der Waals surface area contributed by atoms with Crippen LogP contribution in [0.1, 0.15) is 20.7 Å². The molecular weight excluding hydrogens is 194 g/mol. The highest BCUT2D eigenvalue weighted by Gasteiger charge is 2.33. The first-order valence-corrected chi connectivity index (χ1v) is 4.34. The number of hydrogen-bond acceptors (Lipinski definition) is 3. The Balaban J connectivity index is 2.45. The van der Waals surface area contributed by atoms with Crippen LogP contribution in [-0.2, 0) is 4.79 Å². The monoisotopic (exact) mass is 201 g/mol. The van der Waals surface area contributed by atoms with E-state index in [0.717, 1.165) is 11.0 Å². The van der Waals surface area contributed by atoms with E-state index in [2.05, 4.69) is 0 Å². The molecular formula is C11H7NO3. The molecule has 4 heteroatoms. The summed E-state index contributed by atoms with van der Waals surface area (Å²) in [5, 5.41) is 0. The average molecular weight is 201 g/mol. The third-order valence-electron chi connectivity index (χ3n) is 2.14. The fourth-order valence-electron chi connectivity index (χ4n) is 1.46. The first kappa shape index (κ1) is 9.33. The van der Waals surface area contributed by atoms with Crippen molar-refractivity contribution in [3.63, 3.8) is 0 Å². The summed E-state index contributed by atoms with van der Waals surface area (Å²) in [5.41, 5.74) is 0.746. The molecule has 0 saturated carbocycles. The summed E-state index contributed by atoms with van der Waals surface area (Å²) in [6, 6.07) is 6.56. The Hall–Kier alpha value is -2.23. The average Bonchev–Trinajstić information content (AvgIpc) is 2.51. The molecule has 1 aliphatic heterocycles. The van der Waals surface area contributed by atoms with Gasteiger partial charge in [0.25, 0.3) is 11.8 Å². The minimum Gasteiger partial charge on any atom is -0.299 e. The van der Waals surface area contributed by atoms with Gasteiger partial charge in [-0.3, -0.25) is 14.4 Å². The van der Waals surface area contributed by atoms with Gasteiger partial charge < -0.3 is 0 Å². The number of allylic oxidation sites excluding steroid dienone is 1. The Kier molecular flexibility index (Phi) is 2.17. The Bertz CT molecular complexity index is 441. The van der Waals surface area contributed by atoms with Gasteiger partial charge in [0.1, 0.15) is 6.29 Å². The van der Waals surface area contributed by atoms with Crippen molar-refractivity contribution in [2.24, 2.45) is 0 Å². The molecule has 1 aromatic rings. The Morgan fingerprint density at radius 1 is 1.00 bits per heavy atom. The number of aldehydes is 1. The lowest BCUT2D eigenvalue weighted by molar-refractivity contribution is -0.104. The first-order valence-electron chi connectivity index (χ1n) is 4.34. The zero-order valence-electron chi connectivity index (χ0n) is 7.71. The maximum atomic E-state index is 11.7. The third kappa shape index (κ3) is 1.36. The summed E-state index contributed by atoms with van der Waals surface area (Å²) in [6.45, 7) is 0. The highest BCUT2D eigenvalue weighted by atomic mass is 16.2. The second-order valence-corrected chi connectivity index (χ2v) is 3.00. The molecule has 74 valence electrons. The highest BCUT2D eigenvalue weighted by Crippen LogP contribution is 2.22. The van der Waals surface area contributed by atoms with Gasteiger partial charge in [0, 0.05) is 6.20 Å². The van der Waals surface area contributed by atoms with E-state index in [1.165, 1.54) is 6.20 Å². The summed E-state index contributed by atoms with van der Waals surface area (Å²) in [6.07, 6.45) is 2.81. The van der Waals surface area contributed by atoms with Crippen LogP contribution in [0.15, 0.2) is 36.5 Å². The zero-order chi connectivity index (χ0) is 10.8. The minimum atomic E-state index is -0.395. The molecule has 2 amide bonds. The number of rotatable bonds is 2. The van der Waals surface area contributed by atoms with Gasteiger partial charge in [0.15, 0.2) is 0 Å². The molecule has 1 heterocycles. The number of fused-ring (bicyclic) bond motifs is 1. The van der Waals surface area contributed by atoms with E-state index in [9.17, 15) is 14.4 Å². The van der Waals surface area contributed by atoms with Crippen molar-refractivity contribution in [3.05, 3.63) is 47.7 Å². The Morgan fingerprint density at radius 2 is 1.53 bits per heavy atom. The number of hydrogen-bond donors (Lipinski definition) is 0. The third-order valence-corrected chi connectivity index (χ3v) is 2.14. The number of carbonyl (C=O) groups is 3. The lowest BCUT2D eigenvalue weighted by atomic mass is 10.1. The quantitative estimate of drug-likeness (QED) is 0.407. The van der Waals surface area contributed by atoms with Crippen LogP contribution < -0.4 is 0 Å². The molecule has 0 saturated heterocycles. The van der Waals surface area contributed by atoms with Gasteiger partial charge in [-0.25, -0.2) is 4.90 Å². The van der Waals surface area contributed by atoms with Gasteiger partial charge in [-0.15, -0.1) is 0 Å². The van der Waals surface area contributed by atoms with Crippen molar-refractivity contribution < 1.29 is 14.4 Å². The molecule has 1 aliphatic rings. The summed E-state index contributed by atoms with van der Waals surface area (Å²) in [7, 11) is 0. The van der Waals surface area contributed by atoms with Gasteiger partial charge >= 0.3 is 0 Å². The standard InChI is InChI=1S/C11H7NO3/c13-7-3-6-12-10(14)8-4-1-2-5-9(8)11(12)15/h1-7H/b6-3+. The smallest absolute Gasteiger partial charge is 0.265 e. The molecule has 1 aromatic carbocycles. The predicted octanol–water partition coefficient (Wildman–Crippen LogP) is 0.995. The topological polar surface area (TPSA) is 54.5 Å². The van der Waals surface area contributed by atoms with Crippen molar-refractivity contribution in [1.82, 2.24) is 4.90 Å². The Labute approximate surface area is 85.8 Å². The van der Waals surface area contributed by atoms with E-state index in [0.29, 0.717) is 17.4 Å². The summed E-state index contributed by atoms with van der Waals surface area (Å²) in [4.78, 5) is 34.3. The minimum absolute atomic E-state index is 0.373. The van der Waals surface area contributed by atoms with Crippen LogP contribution in [0.4, 0.5) is 0 Å². The number of nitrogens with zero attached hydrogens (tertiary/aromatic N) is 1. The maximum absolute atomic E-state index is 11.7. The fraction of sp³-hybridized carbons (Fsp3) is 0. The molecule has 2 rings (SSSR count). The van der Waals surface area contributed by atoms with Crippen molar-refractivity contribution in [2.45, 2.75) is 0 Å². The number of amides is 2. The SMILES string of the molecule is O=C/C=C/N1C(=O)c2ccccc2C1=O. The van der Waals surface area contributed by atoms with Crippen molar-refractivity contribution >= 4 is 18.1 Å². The molecule has 0 atom stereocenters. The molecule has 15 heavy (non-hydrogen) atoms. The molecule has 0 radical (unpaired) electrons. The summed E-state index contributed by atoms with van der Waals surface area (Å²) >= 11 is 0. The molecule has 0 aromatic heterocycles. The molecule has 4 nitrogen and oxygen atoms in total. The van der Waals surface area contributed by atoms with Crippen LogP contribution >= 0.6 is 0 Å². The van der Waals surface area contributed by atoms with E-state index in [4.69, 9.17) is 0 Å². The number of carbonyl (C=O) groups excluding carboxylic acids is 3. The predicted molar refractivity (Wildman–Crippen MR) is 52.1 cm³/mol. The Morgan fingerprint density at radius 3 is 2.00 bits per heavy atom. The normalized spacial score (nSPS) is 14.8. The van der Waals surface area contributed by atoms with Crippen LogP contribution in [0.2, 0.25) is 0 Å². The van der Waals surface area contributed by atoms with Crippen LogP contribution in [0.25, 0.3) is 0 Å². The van der Waals surface area contributed by atoms with Crippen LogP contribution in [-0.4, -0.2) is 23.0 Å². The van der Waals surface area contributed by atoms with E-state index in [1.807, 2.05) is 0 Å². The van der Waals surface area contributed by atoms with Crippen LogP contribution in [0.5, 0.6) is 0 Å².